The summed E-state index contributed by atoms with van der Waals surface area (Å²) >= 11 is 0. The van der Waals surface area contributed by atoms with Gasteiger partial charge in [-0.1, -0.05) is 31.5 Å². The van der Waals surface area contributed by atoms with Gasteiger partial charge in [-0.2, -0.15) is 0 Å². The zero-order chi connectivity index (χ0) is 15.2. The summed E-state index contributed by atoms with van der Waals surface area (Å²) in [5.41, 5.74) is 1.04. The topological polar surface area (TPSA) is 58.6 Å². The molecule has 4 nitrogen and oxygen atoms in total. The van der Waals surface area contributed by atoms with E-state index in [0.29, 0.717) is 18.9 Å². The predicted molar refractivity (Wildman–Crippen MR) is 82.4 cm³/mol. The lowest BCUT2D eigenvalue weighted by atomic mass is 9.81. The number of amides is 1. The van der Waals surface area contributed by atoms with Crippen molar-refractivity contribution in [3.05, 3.63) is 29.8 Å². The van der Waals surface area contributed by atoms with Gasteiger partial charge in [0.2, 0.25) is 5.91 Å². The van der Waals surface area contributed by atoms with Gasteiger partial charge in [-0.3, -0.25) is 4.79 Å². The van der Waals surface area contributed by atoms with Gasteiger partial charge < -0.3 is 15.2 Å². The number of hydrogen-bond donors (Lipinski definition) is 2. The SMILES string of the molecule is COc1ccccc1[C@H](C)CC(=O)NC[C@H](O)C1CCC1. The maximum absolute atomic E-state index is 12.0. The summed E-state index contributed by atoms with van der Waals surface area (Å²) in [5, 5.41) is 12.8. The fraction of sp³-hybridized carbons (Fsp3) is 0.588. The van der Waals surface area contributed by atoms with E-state index in [4.69, 9.17) is 4.74 Å². The van der Waals surface area contributed by atoms with Crippen molar-refractivity contribution in [3.63, 3.8) is 0 Å². The largest absolute Gasteiger partial charge is 0.496 e. The highest BCUT2D eigenvalue weighted by molar-refractivity contribution is 5.77. The van der Waals surface area contributed by atoms with Gasteiger partial charge >= 0.3 is 0 Å². The van der Waals surface area contributed by atoms with Gasteiger partial charge in [0.25, 0.3) is 0 Å². The summed E-state index contributed by atoms with van der Waals surface area (Å²) < 4.78 is 5.33. The zero-order valence-electron chi connectivity index (χ0n) is 12.8. The Hall–Kier alpha value is -1.55. The van der Waals surface area contributed by atoms with Crippen molar-refractivity contribution in [1.82, 2.24) is 5.32 Å². The van der Waals surface area contributed by atoms with Crippen LogP contribution in [0, 0.1) is 5.92 Å². The molecule has 0 bridgehead atoms. The average molecular weight is 291 g/mol. The number of carbonyl (C=O) groups excluding carboxylic acids is 1. The Balaban J connectivity index is 1.81. The molecule has 1 amide bonds. The van der Waals surface area contributed by atoms with Gasteiger partial charge in [-0.25, -0.2) is 0 Å². The summed E-state index contributed by atoms with van der Waals surface area (Å²) in [6, 6.07) is 7.76. The van der Waals surface area contributed by atoms with Crippen LogP contribution in [0.25, 0.3) is 0 Å². The molecule has 1 aromatic carbocycles. The van der Waals surface area contributed by atoms with Gasteiger partial charge in [-0.05, 0) is 36.3 Å². The van der Waals surface area contributed by atoms with Crippen LogP contribution in [0.3, 0.4) is 0 Å². The highest BCUT2D eigenvalue weighted by Gasteiger charge is 2.25. The van der Waals surface area contributed by atoms with Gasteiger partial charge in [0.05, 0.1) is 13.2 Å². The molecule has 1 fully saturated rings. The Bertz CT molecular complexity index is 471. The van der Waals surface area contributed by atoms with E-state index >= 15 is 0 Å². The number of nitrogens with one attached hydrogen (secondary N) is 1. The molecule has 116 valence electrons. The molecular weight excluding hydrogens is 266 g/mol. The number of ether oxygens (including phenoxy) is 1. The molecule has 21 heavy (non-hydrogen) atoms. The van der Waals surface area contributed by atoms with Crippen LogP contribution in [0.1, 0.15) is 44.1 Å². The number of rotatable bonds is 7. The molecule has 0 aliphatic heterocycles. The molecule has 0 radical (unpaired) electrons. The molecule has 2 rings (SSSR count). The number of hydrogen-bond acceptors (Lipinski definition) is 3. The van der Waals surface area contributed by atoms with Crippen LogP contribution in [-0.2, 0) is 4.79 Å². The van der Waals surface area contributed by atoms with E-state index in [1.54, 1.807) is 7.11 Å². The molecular formula is C17H25NO3. The van der Waals surface area contributed by atoms with Crippen LogP contribution >= 0.6 is 0 Å². The highest BCUT2D eigenvalue weighted by atomic mass is 16.5. The second-order valence-electron chi connectivity index (χ2n) is 5.91. The van der Waals surface area contributed by atoms with Crippen molar-refractivity contribution < 1.29 is 14.6 Å². The van der Waals surface area contributed by atoms with Crippen molar-refractivity contribution in [3.8, 4) is 5.75 Å². The van der Waals surface area contributed by atoms with Crippen molar-refractivity contribution in [2.24, 2.45) is 5.92 Å². The van der Waals surface area contributed by atoms with E-state index in [-0.39, 0.29) is 11.8 Å². The first-order chi connectivity index (χ1) is 10.1. The number of benzene rings is 1. The zero-order valence-corrected chi connectivity index (χ0v) is 12.8. The molecule has 1 saturated carbocycles. The number of aliphatic hydroxyl groups excluding tert-OH is 1. The third kappa shape index (κ3) is 4.21. The number of aliphatic hydroxyl groups is 1. The smallest absolute Gasteiger partial charge is 0.220 e. The first-order valence-electron chi connectivity index (χ1n) is 7.69. The van der Waals surface area contributed by atoms with Crippen molar-refractivity contribution in [2.45, 2.75) is 44.6 Å². The van der Waals surface area contributed by atoms with E-state index in [2.05, 4.69) is 5.32 Å². The molecule has 0 heterocycles. The van der Waals surface area contributed by atoms with Crippen LogP contribution in [0.5, 0.6) is 5.75 Å². The number of para-hydroxylation sites is 1. The third-order valence-electron chi connectivity index (χ3n) is 4.36. The molecule has 0 spiro atoms. The van der Waals surface area contributed by atoms with Crippen molar-refractivity contribution in [1.29, 1.82) is 0 Å². The summed E-state index contributed by atoms with van der Waals surface area (Å²) in [5.74, 6) is 1.25. The lowest BCUT2D eigenvalue weighted by molar-refractivity contribution is -0.122. The normalized spacial score (nSPS) is 17.7. The average Bonchev–Trinajstić information content (AvgIpc) is 2.43. The molecule has 4 heteroatoms. The van der Waals surface area contributed by atoms with E-state index < -0.39 is 6.10 Å². The summed E-state index contributed by atoms with van der Waals surface area (Å²) in [4.78, 5) is 12.0. The number of methoxy groups -OCH3 is 1. The lowest BCUT2D eigenvalue weighted by Gasteiger charge is -2.30. The second kappa shape index (κ2) is 7.46. The minimum absolute atomic E-state index is 0.0215. The second-order valence-corrected chi connectivity index (χ2v) is 5.91. The molecule has 2 atom stereocenters. The van der Waals surface area contributed by atoms with E-state index in [9.17, 15) is 9.90 Å². The van der Waals surface area contributed by atoms with Crippen molar-refractivity contribution in [2.75, 3.05) is 13.7 Å². The molecule has 1 aliphatic carbocycles. The summed E-state index contributed by atoms with van der Waals surface area (Å²) in [7, 11) is 1.64. The monoisotopic (exact) mass is 291 g/mol. The Morgan fingerprint density at radius 2 is 2.14 bits per heavy atom. The minimum Gasteiger partial charge on any atom is -0.496 e. The Labute approximate surface area is 126 Å². The van der Waals surface area contributed by atoms with E-state index in [1.807, 2.05) is 31.2 Å². The van der Waals surface area contributed by atoms with Crippen LogP contribution in [0.4, 0.5) is 0 Å². The molecule has 0 unspecified atom stereocenters. The summed E-state index contributed by atoms with van der Waals surface area (Å²) in [6.07, 6.45) is 3.35. The highest BCUT2D eigenvalue weighted by Crippen LogP contribution is 2.30. The first kappa shape index (κ1) is 15.8. The van der Waals surface area contributed by atoms with Gasteiger partial charge in [-0.15, -0.1) is 0 Å². The fourth-order valence-corrected chi connectivity index (χ4v) is 2.74. The maximum Gasteiger partial charge on any atom is 0.220 e. The standard InChI is InChI=1S/C17H25NO3/c1-12(14-8-3-4-9-16(14)21-2)10-17(20)18-11-15(19)13-6-5-7-13/h3-4,8-9,12-13,15,19H,5-7,10-11H2,1-2H3,(H,18,20)/t12-,15+/m1/s1. The molecule has 1 aliphatic rings. The number of carbonyl (C=O) groups is 1. The minimum atomic E-state index is -0.399. The van der Waals surface area contributed by atoms with Crippen LogP contribution < -0.4 is 10.1 Å². The van der Waals surface area contributed by atoms with Gasteiger partial charge in [0.1, 0.15) is 5.75 Å². The molecule has 0 aromatic heterocycles. The van der Waals surface area contributed by atoms with Gasteiger partial charge in [0, 0.05) is 13.0 Å². The fourth-order valence-electron chi connectivity index (χ4n) is 2.74. The van der Waals surface area contributed by atoms with Crippen molar-refractivity contribution >= 4 is 5.91 Å². The van der Waals surface area contributed by atoms with E-state index in [0.717, 1.165) is 24.2 Å². The maximum atomic E-state index is 12.0. The lowest BCUT2D eigenvalue weighted by Crippen LogP contribution is -2.38. The van der Waals surface area contributed by atoms with Gasteiger partial charge in [0.15, 0.2) is 0 Å². The van der Waals surface area contributed by atoms with Crippen LogP contribution in [0.2, 0.25) is 0 Å². The predicted octanol–water partition coefficient (Wildman–Crippen LogP) is 2.47. The Morgan fingerprint density at radius 3 is 2.76 bits per heavy atom. The van der Waals surface area contributed by atoms with Crippen LogP contribution in [0.15, 0.2) is 24.3 Å². The third-order valence-corrected chi connectivity index (χ3v) is 4.36. The molecule has 1 aromatic rings. The Kier molecular flexibility index (Phi) is 5.62. The van der Waals surface area contributed by atoms with E-state index in [1.165, 1.54) is 6.42 Å². The van der Waals surface area contributed by atoms with Crippen LogP contribution in [-0.4, -0.2) is 30.8 Å². The summed E-state index contributed by atoms with van der Waals surface area (Å²) in [6.45, 7) is 2.38. The molecule has 0 saturated heterocycles. The molecule has 2 N–H and O–H groups in total. The quantitative estimate of drug-likeness (QED) is 0.811. The first-order valence-corrected chi connectivity index (χ1v) is 7.69. The Morgan fingerprint density at radius 1 is 1.43 bits per heavy atom.